The Morgan fingerprint density at radius 2 is 2.05 bits per heavy atom. The minimum absolute atomic E-state index is 0. The van der Waals surface area contributed by atoms with Crippen LogP contribution in [0.15, 0.2) is 42.9 Å². The van der Waals surface area contributed by atoms with Gasteiger partial charge in [-0.25, -0.2) is 4.98 Å². The minimum Gasteiger partial charge on any atom is -0.347 e. The molecule has 0 saturated carbocycles. The lowest BCUT2D eigenvalue weighted by Crippen LogP contribution is -2.37. The maximum atomic E-state index is 12.3. The number of halogens is 2. The molecule has 3 rings (SSSR count). The highest BCUT2D eigenvalue weighted by Gasteiger charge is 2.20. The van der Waals surface area contributed by atoms with Gasteiger partial charge in [-0.15, -0.1) is 24.8 Å². The van der Waals surface area contributed by atoms with Crippen molar-refractivity contribution in [2.45, 2.75) is 12.5 Å². The zero-order valence-corrected chi connectivity index (χ0v) is 13.0. The van der Waals surface area contributed by atoms with Crippen LogP contribution in [0.2, 0.25) is 0 Å². The van der Waals surface area contributed by atoms with Crippen molar-refractivity contribution in [3.63, 3.8) is 0 Å². The van der Waals surface area contributed by atoms with E-state index in [-0.39, 0.29) is 36.8 Å². The van der Waals surface area contributed by atoms with Gasteiger partial charge in [-0.1, -0.05) is 18.2 Å². The summed E-state index contributed by atoms with van der Waals surface area (Å²) in [5.41, 5.74) is 1.51. The Hall–Kier alpha value is -1.56. The molecule has 21 heavy (non-hydrogen) atoms. The highest BCUT2D eigenvalue weighted by Crippen LogP contribution is 2.11. The molecule has 1 saturated heterocycles. The fourth-order valence-corrected chi connectivity index (χ4v) is 2.29. The molecule has 0 aliphatic carbocycles. The topological polar surface area (TPSA) is 59.0 Å². The molecule has 2 N–H and O–H groups in total. The van der Waals surface area contributed by atoms with E-state index in [1.807, 2.05) is 30.3 Å². The number of rotatable bonds is 3. The second-order valence-electron chi connectivity index (χ2n) is 4.65. The van der Waals surface area contributed by atoms with Crippen LogP contribution in [0.1, 0.15) is 16.9 Å². The van der Waals surface area contributed by atoms with E-state index in [0.717, 1.165) is 25.2 Å². The SMILES string of the molecule is Cl.Cl.O=C(NC1CCNC1)c1cncn1-c1ccccc1. The molecular weight excluding hydrogens is 311 g/mol. The number of carbonyl (C=O) groups is 1. The summed E-state index contributed by atoms with van der Waals surface area (Å²) >= 11 is 0. The first-order valence-corrected chi connectivity index (χ1v) is 6.44. The van der Waals surface area contributed by atoms with Crippen molar-refractivity contribution in [1.82, 2.24) is 20.2 Å². The van der Waals surface area contributed by atoms with E-state index >= 15 is 0 Å². The predicted octanol–water partition coefficient (Wildman–Crippen LogP) is 1.81. The van der Waals surface area contributed by atoms with Crippen LogP contribution in [-0.4, -0.2) is 34.6 Å². The van der Waals surface area contributed by atoms with Crippen LogP contribution in [0.3, 0.4) is 0 Å². The van der Waals surface area contributed by atoms with Crippen LogP contribution in [0, 0.1) is 0 Å². The molecule has 1 aromatic carbocycles. The van der Waals surface area contributed by atoms with Gasteiger partial charge in [0.1, 0.15) is 5.69 Å². The number of aromatic nitrogens is 2. The third kappa shape index (κ3) is 3.97. The van der Waals surface area contributed by atoms with Gasteiger partial charge in [0.25, 0.3) is 5.91 Å². The van der Waals surface area contributed by atoms with Crippen LogP contribution >= 0.6 is 24.8 Å². The van der Waals surface area contributed by atoms with E-state index < -0.39 is 0 Å². The number of imidazole rings is 1. The average molecular weight is 329 g/mol. The molecule has 0 bridgehead atoms. The molecule has 1 aliphatic rings. The van der Waals surface area contributed by atoms with Crippen molar-refractivity contribution in [1.29, 1.82) is 0 Å². The smallest absolute Gasteiger partial charge is 0.270 e. The van der Waals surface area contributed by atoms with Crippen molar-refractivity contribution in [3.05, 3.63) is 48.5 Å². The lowest BCUT2D eigenvalue weighted by atomic mass is 10.2. The Morgan fingerprint density at radius 3 is 2.71 bits per heavy atom. The van der Waals surface area contributed by atoms with Gasteiger partial charge in [-0.05, 0) is 25.1 Å². The standard InChI is InChI=1S/C14H16N4O.2ClH/c19-14(17-11-6-7-15-8-11)13-9-16-10-18(13)12-4-2-1-3-5-12;;/h1-5,9-11,15H,6-8H2,(H,17,19);2*1H. The van der Waals surface area contributed by atoms with Gasteiger partial charge in [0.05, 0.1) is 12.5 Å². The Morgan fingerprint density at radius 1 is 1.29 bits per heavy atom. The Balaban J connectivity index is 0.00000110. The van der Waals surface area contributed by atoms with Crippen LogP contribution in [0.4, 0.5) is 0 Å². The maximum Gasteiger partial charge on any atom is 0.270 e. The first-order valence-electron chi connectivity index (χ1n) is 6.44. The number of nitrogens with zero attached hydrogens (tertiary/aromatic N) is 2. The summed E-state index contributed by atoms with van der Waals surface area (Å²) in [6.07, 6.45) is 4.24. The molecule has 0 spiro atoms. The minimum atomic E-state index is -0.0740. The molecule has 0 radical (unpaired) electrons. The van der Waals surface area contributed by atoms with E-state index in [1.54, 1.807) is 17.1 Å². The Labute approximate surface area is 136 Å². The molecule has 2 heterocycles. The zero-order chi connectivity index (χ0) is 13.1. The largest absolute Gasteiger partial charge is 0.347 e. The third-order valence-corrected chi connectivity index (χ3v) is 3.30. The molecule has 1 atom stereocenters. The van der Waals surface area contributed by atoms with E-state index in [0.29, 0.717) is 5.69 Å². The number of hydrogen-bond donors (Lipinski definition) is 2. The summed E-state index contributed by atoms with van der Waals surface area (Å²) in [6, 6.07) is 9.96. The second kappa shape index (κ2) is 8.02. The number of carbonyl (C=O) groups excluding carboxylic acids is 1. The van der Waals surface area contributed by atoms with Crippen molar-refractivity contribution in [2.24, 2.45) is 0 Å². The Kier molecular flexibility index (Phi) is 6.68. The van der Waals surface area contributed by atoms with Crippen molar-refractivity contribution >= 4 is 30.7 Å². The molecule has 1 aromatic heterocycles. The molecular formula is C14H18Cl2N4O. The maximum absolute atomic E-state index is 12.3. The quantitative estimate of drug-likeness (QED) is 0.903. The van der Waals surface area contributed by atoms with Gasteiger partial charge in [0.2, 0.25) is 0 Å². The average Bonchev–Trinajstić information content (AvgIpc) is 3.10. The summed E-state index contributed by atoms with van der Waals surface area (Å²) in [5, 5.41) is 6.26. The summed E-state index contributed by atoms with van der Waals surface area (Å²) in [4.78, 5) is 16.3. The van der Waals surface area contributed by atoms with E-state index in [2.05, 4.69) is 15.6 Å². The van der Waals surface area contributed by atoms with Gasteiger partial charge in [0.15, 0.2) is 0 Å². The molecule has 2 aromatic rings. The zero-order valence-electron chi connectivity index (χ0n) is 11.4. The Bertz CT molecular complexity index is 567. The second-order valence-corrected chi connectivity index (χ2v) is 4.65. The van der Waals surface area contributed by atoms with Crippen molar-refractivity contribution < 1.29 is 4.79 Å². The molecule has 7 heteroatoms. The lowest BCUT2D eigenvalue weighted by Gasteiger charge is -2.12. The molecule has 114 valence electrons. The highest BCUT2D eigenvalue weighted by molar-refractivity contribution is 5.93. The normalized spacial score (nSPS) is 16.7. The third-order valence-electron chi connectivity index (χ3n) is 3.30. The number of amides is 1. The number of hydrogen-bond acceptors (Lipinski definition) is 3. The van der Waals surface area contributed by atoms with Gasteiger partial charge in [0, 0.05) is 18.3 Å². The summed E-state index contributed by atoms with van der Waals surface area (Å²) in [6.45, 7) is 1.80. The van der Waals surface area contributed by atoms with Crippen LogP contribution in [0.5, 0.6) is 0 Å². The molecule has 1 fully saturated rings. The summed E-state index contributed by atoms with van der Waals surface area (Å²) in [5.74, 6) is -0.0740. The lowest BCUT2D eigenvalue weighted by molar-refractivity contribution is 0.0933. The molecule has 1 unspecified atom stereocenters. The number of para-hydroxylation sites is 1. The van der Waals surface area contributed by atoms with Gasteiger partial charge < -0.3 is 10.6 Å². The van der Waals surface area contributed by atoms with E-state index in [1.165, 1.54) is 0 Å². The molecule has 1 aliphatic heterocycles. The highest BCUT2D eigenvalue weighted by atomic mass is 35.5. The summed E-state index contributed by atoms with van der Waals surface area (Å²) < 4.78 is 1.80. The molecule has 5 nitrogen and oxygen atoms in total. The van der Waals surface area contributed by atoms with Crippen LogP contribution in [-0.2, 0) is 0 Å². The van der Waals surface area contributed by atoms with Crippen LogP contribution in [0.25, 0.3) is 5.69 Å². The van der Waals surface area contributed by atoms with E-state index in [9.17, 15) is 4.79 Å². The van der Waals surface area contributed by atoms with E-state index in [4.69, 9.17) is 0 Å². The van der Waals surface area contributed by atoms with Crippen molar-refractivity contribution in [2.75, 3.05) is 13.1 Å². The first-order chi connectivity index (χ1) is 9.34. The first kappa shape index (κ1) is 17.5. The fourth-order valence-electron chi connectivity index (χ4n) is 2.29. The number of nitrogens with one attached hydrogen (secondary N) is 2. The van der Waals surface area contributed by atoms with Gasteiger partial charge >= 0.3 is 0 Å². The molecule has 1 amide bonds. The predicted molar refractivity (Wildman–Crippen MR) is 86.8 cm³/mol. The summed E-state index contributed by atoms with van der Waals surface area (Å²) in [7, 11) is 0. The van der Waals surface area contributed by atoms with Crippen LogP contribution < -0.4 is 10.6 Å². The monoisotopic (exact) mass is 328 g/mol. The van der Waals surface area contributed by atoms with Gasteiger partial charge in [-0.2, -0.15) is 0 Å². The number of benzene rings is 1. The van der Waals surface area contributed by atoms with Gasteiger partial charge in [-0.3, -0.25) is 9.36 Å². The van der Waals surface area contributed by atoms with Crippen molar-refractivity contribution in [3.8, 4) is 5.69 Å². The fraction of sp³-hybridized carbons (Fsp3) is 0.286.